The Morgan fingerprint density at radius 3 is 2.36 bits per heavy atom. The van der Waals surface area contributed by atoms with Crippen molar-refractivity contribution in [3.63, 3.8) is 0 Å². The van der Waals surface area contributed by atoms with Gasteiger partial charge in [0.1, 0.15) is 5.78 Å². The molecule has 0 aromatic carbocycles. The molecule has 2 rings (SSSR count). The quantitative estimate of drug-likeness (QED) is 0.716. The number of rotatable bonds is 2. The number of fused-ring (bicyclic) bond motifs is 2. The minimum atomic E-state index is -0.704. The van der Waals surface area contributed by atoms with Crippen molar-refractivity contribution in [1.29, 1.82) is 0 Å². The van der Waals surface area contributed by atoms with Gasteiger partial charge in [0.2, 0.25) is 0 Å². The van der Waals surface area contributed by atoms with Gasteiger partial charge in [-0.25, -0.2) is 0 Å². The Morgan fingerprint density at radius 2 is 1.93 bits per heavy atom. The highest BCUT2D eigenvalue weighted by Crippen LogP contribution is 2.41. The summed E-state index contributed by atoms with van der Waals surface area (Å²) in [6.07, 6.45) is 4.26. The Kier molecular flexibility index (Phi) is 2.40. The van der Waals surface area contributed by atoms with E-state index >= 15 is 0 Å². The van der Waals surface area contributed by atoms with E-state index in [1.807, 2.05) is 0 Å². The zero-order valence-corrected chi connectivity index (χ0v) is 8.99. The molecule has 0 spiro atoms. The molecule has 2 heterocycles. The second kappa shape index (κ2) is 3.31. The van der Waals surface area contributed by atoms with Gasteiger partial charge in [0, 0.05) is 18.5 Å². The third kappa shape index (κ3) is 1.71. The Bertz CT molecular complexity index is 238. The smallest absolute Gasteiger partial charge is 0.132 e. The van der Waals surface area contributed by atoms with E-state index in [9.17, 15) is 9.90 Å². The van der Waals surface area contributed by atoms with Crippen LogP contribution in [-0.4, -0.2) is 40.5 Å². The first-order valence-electron chi connectivity index (χ1n) is 5.44. The van der Waals surface area contributed by atoms with Crippen molar-refractivity contribution >= 4 is 5.78 Å². The van der Waals surface area contributed by atoms with Gasteiger partial charge < -0.3 is 10.0 Å². The molecule has 0 saturated carbocycles. The van der Waals surface area contributed by atoms with Crippen molar-refractivity contribution in [1.82, 2.24) is 4.90 Å². The molecule has 2 unspecified atom stereocenters. The molecule has 80 valence electrons. The number of carbonyl (C=O) groups is 1. The zero-order chi connectivity index (χ0) is 10.3. The van der Waals surface area contributed by atoms with Crippen molar-refractivity contribution in [2.24, 2.45) is 0 Å². The predicted octanol–water partition coefficient (Wildman–Crippen LogP) is 0.953. The fourth-order valence-electron chi connectivity index (χ4n) is 3.15. The molecule has 3 heteroatoms. The molecule has 3 nitrogen and oxygen atoms in total. The molecule has 2 atom stereocenters. The third-order valence-corrected chi connectivity index (χ3v) is 3.79. The molecule has 0 radical (unpaired) electrons. The van der Waals surface area contributed by atoms with Crippen molar-refractivity contribution < 1.29 is 9.90 Å². The fraction of sp³-hybridized carbons (Fsp3) is 0.909. The van der Waals surface area contributed by atoms with Gasteiger partial charge in [-0.3, -0.25) is 4.79 Å². The van der Waals surface area contributed by atoms with Gasteiger partial charge in [-0.2, -0.15) is 0 Å². The largest absolute Gasteiger partial charge is 0.389 e. The van der Waals surface area contributed by atoms with E-state index in [-0.39, 0.29) is 5.78 Å². The molecule has 0 aliphatic carbocycles. The monoisotopic (exact) mass is 197 g/mol. The van der Waals surface area contributed by atoms with Crippen LogP contribution in [0.15, 0.2) is 0 Å². The first-order chi connectivity index (χ1) is 6.50. The lowest BCUT2D eigenvalue weighted by Gasteiger charge is -2.41. The summed E-state index contributed by atoms with van der Waals surface area (Å²) in [4.78, 5) is 13.4. The zero-order valence-electron chi connectivity index (χ0n) is 8.99. The second-order valence-corrected chi connectivity index (χ2v) is 5.06. The Labute approximate surface area is 85.1 Å². The maximum Gasteiger partial charge on any atom is 0.132 e. The Morgan fingerprint density at radius 1 is 1.43 bits per heavy atom. The summed E-state index contributed by atoms with van der Waals surface area (Å²) in [7, 11) is 2.13. The Hall–Kier alpha value is -0.410. The first-order valence-corrected chi connectivity index (χ1v) is 5.44. The average Bonchev–Trinajstić information content (AvgIpc) is 2.33. The highest BCUT2D eigenvalue weighted by molar-refractivity contribution is 5.76. The minimum Gasteiger partial charge on any atom is -0.389 e. The molecular formula is C11H19NO2. The van der Waals surface area contributed by atoms with Crippen LogP contribution in [0.5, 0.6) is 0 Å². The van der Waals surface area contributed by atoms with E-state index in [1.54, 1.807) is 6.92 Å². The highest BCUT2D eigenvalue weighted by Gasteiger charge is 2.46. The predicted molar refractivity (Wildman–Crippen MR) is 54.1 cm³/mol. The topological polar surface area (TPSA) is 40.5 Å². The van der Waals surface area contributed by atoms with E-state index in [0.29, 0.717) is 18.5 Å². The number of piperidine rings is 1. The summed E-state index contributed by atoms with van der Waals surface area (Å²) in [6, 6.07) is 0.996. The van der Waals surface area contributed by atoms with Crippen molar-refractivity contribution in [3.05, 3.63) is 0 Å². The highest BCUT2D eigenvalue weighted by atomic mass is 16.3. The van der Waals surface area contributed by atoms with E-state index in [2.05, 4.69) is 11.9 Å². The number of hydrogen-bond donors (Lipinski definition) is 1. The van der Waals surface area contributed by atoms with Gasteiger partial charge in [-0.1, -0.05) is 0 Å². The van der Waals surface area contributed by atoms with Crippen LogP contribution in [0.4, 0.5) is 0 Å². The number of Topliss-reactive ketones (excluding diaryl/α,β-unsaturated/α-hetero) is 1. The van der Waals surface area contributed by atoms with Gasteiger partial charge in [0.25, 0.3) is 0 Å². The van der Waals surface area contributed by atoms with E-state index in [0.717, 1.165) is 12.8 Å². The van der Waals surface area contributed by atoms with Crippen LogP contribution >= 0.6 is 0 Å². The third-order valence-electron chi connectivity index (χ3n) is 3.79. The standard InChI is InChI=1S/C11H19NO2/c1-8(13)5-11(14)6-9-3-4-10(7-11)12(9)2/h9-10,14H,3-7H2,1-2H3. The minimum absolute atomic E-state index is 0.108. The van der Waals surface area contributed by atoms with E-state index < -0.39 is 5.60 Å². The van der Waals surface area contributed by atoms with E-state index in [1.165, 1.54) is 12.8 Å². The summed E-state index contributed by atoms with van der Waals surface area (Å²) in [5.41, 5.74) is -0.704. The number of aliphatic hydroxyl groups is 1. The fourth-order valence-corrected chi connectivity index (χ4v) is 3.15. The molecule has 2 aliphatic rings. The summed E-state index contributed by atoms with van der Waals surface area (Å²) in [6.45, 7) is 1.57. The molecule has 2 aliphatic heterocycles. The molecule has 0 aromatic rings. The van der Waals surface area contributed by atoms with Crippen LogP contribution in [-0.2, 0) is 4.79 Å². The summed E-state index contributed by atoms with van der Waals surface area (Å²) >= 11 is 0. The van der Waals surface area contributed by atoms with Crippen LogP contribution in [0.3, 0.4) is 0 Å². The van der Waals surface area contributed by atoms with Crippen LogP contribution in [0, 0.1) is 0 Å². The van der Waals surface area contributed by atoms with Crippen LogP contribution in [0.2, 0.25) is 0 Å². The van der Waals surface area contributed by atoms with Gasteiger partial charge in [0.05, 0.1) is 5.60 Å². The average molecular weight is 197 g/mol. The second-order valence-electron chi connectivity index (χ2n) is 5.06. The molecule has 2 saturated heterocycles. The maximum absolute atomic E-state index is 11.1. The lowest BCUT2D eigenvalue weighted by Crippen LogP contribution is -2.49. The van der Waals surface area contributed by atoms with E-state index in [4.69, 9.17) is 0 Å². The molecule has 14 heavy (non-hydrogen) atoms. The summed E-state index contributed by atoms with van der Waals surface area (Å²) in [5, 5.41) is 10.3. The first kappa shape index (κ1) is 10.1. The van der Waals surface area contributed by atoms with Crippen LogP contribution < -0.4 is 0 Å². The molecule has 0 amide bonds. The SMILES string of the molecule is CC(=O)CC1(O)CC2CCC(C1)N2C. The molecule has 0 aromatic heterocycles. The van der Waals surface area contributed by atoms with Crippen LogP contribution in [0.25, 0.3) is 0 Å². The van der Waals surface area contributed by atoms with Gasteiger partial charge in [-0.05, 0) is 39.7 Å². The summed E-state index contributed by atoms with van der Waals surface area (Å²) in [5.74, 6) is 0.108. The number of ketones is 1. The molecule has 1 N–H and O–H groups in total. The number of nitrogens with zero attached hydrogens (tertiary/aromatic N) is 1. The van der Waals surface area contributed by atoms with Gasteiger partial charge in [0.15, 0.2) is 0 Å². The van der Waals surface area contributed by atoms with Gasteiger partial charge in [-0.15, -0.1) is 0 Å². The number of carbonyl (C=O) groups excluding carboxylic acids is 1. The lowest BCUT2D eigenvalue weighted by atomic mass is 9.83. The summed E-state index contributed by atoms with van der Waals surface area (Å²) < 4.78 is 0. The Balaban J connectivity index is 2.07. The van der Waals surface area contributed by atoms with Gasteiger partial charge >= 0.3 is 0 Å². The molecule has 2 bridgehead atoms. The van der Waals surface area contributed by atoms with Crippen LogP contribution in [0.1, 0.15) is 39.0 Å². The number of hydrogen-bond acceptors (Lipinski definition) is 3. The van der Waals surface area contributed by atoms with Crippen molar-refractivity contribution in [2.75, 3.05) is 7.05 Å². The normalized spacial score (nSPS) is 42.8. The van der Waals surface area contributed by atoms with Crippen molar-refractivity contribution in [2.45, 2.75) is 56.7 Å². The molecular weight excluding hydrogens is 178 g/mol. The van der Waals surface area contributed by atoms with Crippen molar-refractivity contribution in [3.8, 4) is 0 Å². The lowest BCUT2D eigenvalue weighted by molar-refractivity contribution is -0.125. The molecule has 2 fully saturated rings. The maximum atomic E-state index is 11.1.